The van der Waals surface area contributed by atoms with Gasteiger partial charge in [-0.3, -0.25) is 4.79 Å². The summed E-state index contributed by atoms with van der Waals surface area (Å²) in [6, 6.07) is 3.91. The van der Waals surface area contributed by atoms with Crippen LogP contribution in [0.25, 0.3) is 0 Å². The van der Waals surface area contributed by atoms with E-state index in [4.69, 9.17) is 5.73 Å². The first-order valence-corrected chi connectivity index (χ1v) is 6.00. The molecule has 0 aliphatic carbocycles. The van der Waals surface area contributed by atoms with E-state index in [-0.39, 0.29) is 11.6 Å². The molecule has 0 saturated heterocycles. The van der Waals surface area contributed by atoms with E-state index in [2.05, 4.69) is 5.32 Å². The number of benzene rings is 1. The summed E-state index contributed by atoms with van der Waals surface area (Å²) in [6.45, 7) is 4.04. The fourth-order valence-electron chi connectivity index (χ4n) is 1.08. The van der Waals surface area contributed by atoms with E-state index in [1.165, 1.54) is 18.2 Å². The smallest absolute Gasteiger partial charge is 0.234 e. The van der Waals surface area contributed by atoms with Crippen LogP contribution >= 0.6 is 11.8 Å². The minimum atomic E-state index is -0.410. The molecule has 0 bridgehead atoms. The van der Waals surface area contributed by atoms with Gasteiger partial charge in [0.05, 0.1) is 17.1 Å². The van der Waals surface area contributed by atoms with Crippen LogP contribution in [0, 0.1) is 5.82 Å². The van der Waals surface area contributed by atoms with Crippen molar-refractivity contribution in [3.8, 4) is 0 Å². The number of nitrogen functional groups attached to an aromatic ring is 1. The molecule has 0 saturated carbocycles. The van der Waals surface area contributed by atoms with Crippen molar-refractivity contribution in [2.75, 3.05) is 16.8 Å². The van der Waals surface area contributed by atoms with Crippen molar-refractivity contribution in [3.63, 3.8) is 0 Å². The van der Waals surface area contributed by atoms with Crippen molar-refractivity contribution in [1.82, 2.24) is 0 Å². The fourth-order valence-corrected chi connectivity index (χ4v) is 1.63. The summed E-state index contributed by atoms with van der Waals surface area (Å²) in [7, 11) is 0. The summed E-state index contributed by atoms with van der Waals surface area (Å²) >= 11 is 1.54. The van der Waals surface area contributed by atoms with Gasteiger partial charge in [0, 0.05) is 0 Å². The van der Waals surface area contributed by atoms with E-state index >= 15 is 0 Å². The van der Waals surface area contributed by atoms with Gasteiger partial charge in [0.1, 0.15) is 5.82 Å². The molecule has 0 aromatic heterocycles. The monoisotopic (exact) mass is 242 g/mol. The molecule has 5 heteroatoms. The number of nitrogens with two attached hydrogens (primary N) is 1. The lowest BCUT2D eigenvalue weighted by atomic mass is 10.2. The Kier molecular flexibility index (Phi) is 4.61. The van der Waals surface area contributed by atoms with Crippen molar-refractivity contribution in [1.29, 1.82) is 0 Å². The molecule has 0 radical (unpaired) electrons. The highest BCUT2D eigenvalue weighted by atomic mass is 32.2. The molecule has 0 fully saturated rings. The van der Waals surface area contributed by atoms with Crippen molar-refractivity contribution >= 4 is 29.0 Å². The third-order valence-electron chi connectivity index (χ3n) is 1.84. The Bertz CT molecular complexity index is 382. The number of carbonyl (C=O) groups is 1. The van der Waals surface area contributed by atoms with E-state index in [0.29, 0.717) is 16.7 Å². The third kappa shape index (κ3) is 4.10. The van der Waals surface area contributed by atoms with Crippen LogP contribution in [0.15, 0.2) is 18.2 Å². The maximum atomic E-state index is 12.7. The van der Waals surface area contributed by atoms with Crippen molar-refractivity contribution in [2.45, 2.75) is 19.1 Å². The molecule has 0 unspecified atom stereocenters. The first-order valence-electron chi connectivity index (χ1n) is 4.95. The van der Waals surface area contributed by atoms with Crippen LogP contribution in [0.3, 0.4) is 0 Å². The van der Waals surface area contributed by atoms with Gasteiger partial charge >= 0.3 is 0 Å². The topological polar surface area (TPSA) is 55.1 Å². The lowest BCUT2D eigenvalue weighted by Gasteiger charge is -2.08. The number of amides is 1. The molecule has 0 aliphatic heterocycles. The van der Waals surface area contributed by atoms with E-state index < -0.39 is 5.82 Å². The minimum Gasteiger partial charge on any atom is -0.397 e. The molecule has 1 aromatic rings. The second-order valence-electron chi connectivity index (χ2n) is 3.64. The summed E-state index contributed by atoms with van der Waals surface area (Å²) in [4.78, 5) is 11.5. The van der Waals surface area contributed by atoms with Crippen molar-refractivity contribution in [3.05, 3.63) is 24.0 Å². The predicted octanol–water partition coefficient (Wildman–Crippen LogP) is 2.49. The lowest BCUT2D eigenvalue weighted by Crippen LogP contribution is -2.16. The van der Waals surface area contributed by atoms with Gasteiger partial charge in [0.15, 0.2) is 0 Å². The zero-order valence-corrected chi connectivity index (χ0v) is 10.1. The number of anilines is 2. The SMILES string of the molecule is CC(C)SCC(=O)Nc1ccc(F)cc1N. The van der Waals surface area contributed by atoms with E-state index in [0.717, 1.165) is 0 Å². The average molecular weight is 242 g/mol. The highest BCUT2D eigenvalue weighted by Gasteiger charge is 2.07. The van der Waals surface area contributed by atoms with E-state index in [9.17, 15) is 9.18 Å². The Morgan fingerprint density at radius 1 is 1.56 bits per heavy atom. The molecule has 1 aromatic carbocycles. The molecule has 1 rings (SSSR count). The molecule has 0 aliphatic rings. The fraction of sp³-hybridized carbons (Fsp3) is 0.364. The van der Waals surface area contributed by atoms with E-state index in [1.807, 2.05) is 13.8 Å². The van der Waals surface area contributed by atoms with Crippen LogP contribution < -0.4 is 11.1 Å². The predicted molar refractivity (Wildman–Crippen MR) is 67.0 cm³/mol. The number of thioether (sulfide) groups is 1. The number of hydrogen-bond donors (Lipinski definition) is 2. The van der Waals surface area contributed by atoms with Crippen LogP contribution in [-0.4, -0.2) is 16.9 Å². The normalized spacial score (nSPS) is 10.5. The minimum absolute atomic E-state index is 0.128. The van der Waals surface area contributed by atoms with E-state index in [1.54, 1.807) is 11.8 Å². The van der Waals surface area contributed by atoms with Gasteiger partial charge in [0.25, 0.3) is 0 Å². The van der Waals surface area contributed by atoms with Gasteiger partial charge in [-0.15, -0.1) is 11.8 Å². The summed E-state index contributed by atoms with van der Waals surface area (Å²) < 4.78 is 12.7. The molecule has 88 valence electrons. The Morgan fingerprint density at radius 3 is 2.81 bits per heavy atom. The molecule has 3 nitrogen and oxygen atoms in total. The van der Waals surface area contributed by atoms with Gasteiger partial charge in [0.2, 0.25) is 5.91 Å². The van der Waals surface area contributed by atoms with Gasteiger partial charge in [-0.2, -0.15) is 0 Å². The largest absolute Gasteiger partial charge is 0.397 e. The number of rotatable bonds is 4. The third-order valence-corrected chi connectivity index (χ3v) is 2.93. The summed E-state index contributed by atoms with van der Waals surface area (Å²) in [5.74, 6) is -0.168. The highest BCUT2D eigenvalue weighted by Crippen LogP contribution is 2.19. The highest BCUT2D eigenvalue weighted by molar-refractivity contribution is 8.00. The Hall–Kier alpha value is -1.23. The zero-order valence-electron chi connectivity index (χ0n) is 9.29. The number of hydrogen-bond acceptors (Lipinski definition) is 3. The van der Waals surface area contributed by atoms with Crippen LogP contribution in [-0.2, 0) is 4.79 Å². The van der Waals surface area contributed by atoms with Crippen LogP contribution in [0.2, 0.25) is 0 Å². The Balaban J connectivity index is 2.56. The molecular formula is C11H15FN2OS. The Labute approximate surface area is 98.6 Å². The molecule has 1 amide bonds. The summed E-state index contributed by atoms with van der Waals surface area (Å²) in [5, 5.41) is 3.04. The van der Waals surface area contributed by atoms with Crippen LogP contribution in [0.1, 0.15) is 13.8 Å². The summed E-state index contributed by atoms with van der Waals surface area (Å²) in [5.41, 5.74) is 6.26. The van der Waals surface area contributed by atoms with Gasteiger partial charge in [-0.05, 0) is 23.4 Å². The van der Waals surface area contributed by atoms with Crippen molar-refractivity contribution < 1.29 is 9.18 Å². The molecule has 16 heavy (non-hydrogen) atoms. The standard InChI is InChI=1S/C11H15FN2OS/c1-7(2)16-6-11(15)14-10-4-3-8(12)5-9(10)13/h3-5,7H,6,13H2,1-2H3,(H,14,15). The van der Waals surface area contributed by atoms with Gasteiger partial charge in [-0.1, -0.05) is 13.8 Å². The average Bonchev–Trinajstić information content (AvgIpc) is 2.19. The van der Waals surface area contributed by atoms with Crippen LogP contribution in [0.5, 0.6) is 0 Å². The first kappa shape index (κ1) is 12.8. The second-order valence-corrected chi connectivity index (χ2v) is 5.20. The second kappa shape index (κ2) is 5.75. The zero-order chi connectivity index (χ0) is 12.1. The number of halogens is 1. The molecule has 0 spiro atoms. The van der Waals surface area contributed by atoms with Gasteiger partial charge < -0.3 is 11.1 Å². The summed E-state index contributed by atoms with van der Waals surface area (Å²) in [6.07, 6.45) is 0. The maximum Gasteiger partial charge on any atom is 0.234 e. The van der Waals surface area contributed by atoms with Crippen LogP contribution in [0.4, 0.5) is 15.8 Å². The maximum absolute atomic E-state index is 12.7. The quantitative estimate of drug-likeness (QED) is 0.797. The molecule has 0 heterocycles. The molecule has 3 N–H and O–H groups in total. The van der Waals surface area contributed by atoms with Crippen molar-refractivity contribution in [2.24, 2.45) is 0 Å². The lowest BCUT2D eigenvalue weighted by molar-refractivity contribution is -0.113. The first-order chi connectivity index (χ1) is 7.49. The Morgan fingerprint density at radius 2 is 2.25 bits per heavy atom. The molecular weight excluding hydrogens is 227 g/mol. The number of nitrogens with one attached hydrogen (secondary N) is 1. The molecule has 0 atom stereocenters. The number of carbonyl (C=O) groups excluding carboxylic acids is 1. The van der Waals surface area contributed by atoms with Gasteiger partial charge in [-0.25, -0.2) is 4.39 Å².